The van der Waals surface area contributed by atoms with E-state index in [9.17, 15) is 9.18 Å². The molecule has 3 nitrogen and oxygen atoms in total. The van der Waals surface area contributed by atoms with Gasteiger partial charge in [-0.2, -0.15) is 5.26 Å². The number of halogens is 1. The van der Waals surface area contributed by atoms with Crippen LogP contribution in [0.15, 0.2) is 24.3 Å². The predicted octanol–water partition coefficient (Wildman–Crippen LogP) is 3.17. The van der Waals surface area contributed by atoms with Crippen LogP contribution in [0.5, 0.6) is 0 Å². The predicted molar refractivity (Wildman–Crippen MR) is 71.5 cm³/mol. The molecule has 1 amide bonds. The highest BCUT2D eigenvalue weighted by atomic mass is 32.1. The van der Waals surface area contributed by atoms with Crippen LogP contribution in [-0.4, -0.2) is 23.4 Å². The fourth-order valence-corrected chi connectivity index (χ4v) is 3.44. The standard InChI is InChI=1S/C14H11FN2OS/c15-10-4-3-9-6-13(19-12(9)7-10)14(18)17-5-1-2-11(17)8-16/h3-4,6-7,11H,1-2,5H2. The van der Waals surface area contributed by atoms with E-state index in [1.165, 1.54) is 23.5 Å². The molecule has 1 atom stereocenters. The first kappa shape index (κ1) is 12.1. The van der Waals surface area contributed by atoms with Crippen LogP contribution in [0, 0.1) is 17.1 Å². The van der Waals surface area contributed by atoms with Crippen molar-refractivity contribution in [1.82, 2.24) is 4.90 Å². The number of thiophene rings is 1. The number of likely N-dealkylation sites (tertiary alicyclic amines) is 1. The van der Waals surface area contributed by atoms with E-state index in [1.807, 2.05) is 0 Å². The van der Waals surface area contributed by atoms with Gasteiger partial charge >= 0.3 is 0 Å². The van der Waals surface area contributed by atoms with Crippen molar-refractivity contribution in [2.75, 3.05) is 6.54 Å². The van der Waals surface area contributed by atoms with Crippen molar-refractivity contribution >= 4 is 27.3 Å². The van der Waals surface area contributed by atoms with Crippen molar-refractivity contribution in [1.29, 1.82) is 5.26 Å². The lowest BCUT2D eigenvalue weighted by Crippen LogP contribution is -2.34. The molecule has 1 aliphatic rings. The quantitative estimate of drug-likeness (QED) is 0.801. The van der Waals surface area contributed by atoms with E-state index in [2.05, 4.69) is 6.07 Å². The van der Waals surface area contributed by atoms with Gasteiger partial charge in [0.1, 0.15) is 11.9 Å². The van der Waals surface area contributed by atoms with Crippen molar-refractivity contribution in [2.24, 2.45) is 0 Å². The van der Waals surface area contributed by atoms with E-state index in [-0.39, 0.29) is 17.8 Å². The molecule has 2 aromatic rings. The fraction of sp³-hybridized carbons (Fsp3) is 0.286. The van der Waals surface area contributed by atoms with Gasteiger partial charge in [0, 0.05) is 11.2 Å². The first-order chi connectivity index (χ1) is 9.19. The number of rotatable bonds is 1. The average molecular weight is 274 g/mol. The summed E-state index contributed by atoms with van der Waals surface area (Å²) in [5, 5.41) is 9.88. The molecule has 19 heavy (non-hydrogen) atoms. The zero-order chi connectivity index (χ0) is 13.4. The Kier molecular flexibility index (Phi) is 2.96. The Morgan fingerprint density at radius 2 is 2.32 bits per heavy atom. The number of hydrogen-bond acceptors (Lipinski definition) is 3. The molecule has 0 bridgehead atoms. The van der Waals surface area contributed by atoms with Gasteiger partial charge < -0.3 is 4.90 Å². The van der Waals surface area contributed by atoms with E-state index in [4.69, 9.17) is 5.26 Å². The highest BCUT2D eigenvalue weighted by Gasteiger charge is 2.30. The highest BCUT2D eigenvalue weighted by molar-refractivity contribution is 7.20. The third-order valence-corrected chi connectivity index (χ3v) is 4.44. The summed E-state index contributed by atoms with van der Waals surface area (Å²) < 4.78 is 13.9. The van der Waals surface area contributed by atoms with E-state index in [0.717, 1.165) is 22.9 Å². The monoisotopic (exact) mass is 274 g/mol. The van der Waals surface area contributed by atoms with Crippen molar-refractivity contribution in [3.8, 4) is 6.07 Å². The van der Waals surface area contributed by atoms with Gasteiger partial charge in [0.05, 0.1) is 10.9 Å². The molecule has 3 rings (SSSR count). The molecule has 0 aliphatic carbocycles. The summed E-state index contributed by atoms with van der Waals surface area (Å²) in [5.74, 6) is -0.421. The lowest BCUT2D eigenvalue weighted by Gasteiger charge is -2.18. The Morgan fingerprint density at radius 3 is 3.11 bits per heavy atom. The summed E-state index contributed by atoms with van der Waals surface area (Å²) in [6.07, 6.45) is 1.60. The van der Waals surface area contributed by atoms with Gasteiger partial charge in [-0.25, -0.2) is 4.39 Å². The Hall–Kier alpha value is -1.93. The second-order valence-corrected chi connectivity index (χ2v) is 5.66. The molecule has 0 radical (unpaired) electrons. The van der Waals surface area contributed by atoms with Gasteiger partial charge in [0.25, 0.3) is 5.91 Å². The lowest BCUT2D eigenvalue weighted by molar-refractivity contribution is 0.0770. The van der Waals surface area contributed by atoms with E-state index in [0.29, 0.717) is 11.4 Å². The number of amides is 1. The van der Waals surface area contributed by atoms with Crippen molar-refractivity contribution in [3.05, 3.63) is 35.0 Å². The molecule has 1 aromatic carbocycles. The van der Waals surface area contributed by atoms with Crippen LogP contribution < -0.4 is 0 Å². The molecule has 96 valence electrons. The molecule has 1 aromatic heterocycles. The minimum atomic E-state index is -0.325. The zero-order valence-electron chi connectivity index (χ0n) is 10.1. The van der Waals surface area contributed by atoms with Crippen molar-refractivity contribution in [2.45, 2.75) is 18.9 Å². The molecule has 1 aliphatic heterocycles. The second-order valence-electron chi connectivity index (χ2n) is 4.58. The van der Waals surface area contributed by atoms with E-state index in [1.54, 1.807) is 17.0 Å². The number of benzene rings is 1. The lowest BCUT2D eigenvalue weighted by atomic mass is 10.2. The van der Waals surface area contributed by atoms with Gasteiger partial charge in [0.15, 0.2) is 0 Å². The number of nitriles is 1. The molecule has 5 heteroatoms. The normalized spacial score (nSPS) is 18.7. The molecule has 0 spiro atoms. The molecular formula is C14H11FN2OS. The third-order valence-electron chi connectivity index (χ3n) is 3.36. The average Bonchev–Trinajstić information content (AvgIpc) is 3.03. The second kappa shape index (κ2) is 4.63. The van der Waals surface area contributed by atoms with Gasteiger partial charge in [-0.05, 0) is 36.4 Å². The van der Waals surface area contributed by atoms with Crippen LogP contribution in [0.3, 0.4) is 0 Å². The van der Waals surface area contributed by atoms with Crippen LogP contribution in [0.1, 0.15) is 22.5 Å². The third kappa shape index (κ3) is 2.08. The number of carbonyl (C=O) groups excluding carboxylic acids is 1. The molecule has 2 heterocycles. The summed E-state index contributed by atoms with van der Waals surface area (Å²) >= 11 is 1.28. The van der Waals surface area contributed by atoms with Crippen LogP contribution in [0.25, 0.3) is 10.1 Å². The Morgan fingerprint density at radius 1 is 1.47 bits per heavy atom. The minimum absolute atomic E-state index is 0.120. The van der Waals surface area contributed by atoms with Crippen LogP contribution >= 0.6 is 11.3 Å². The van der Waals surface area contributed by atoms with Crippen molar-refractivity contribution in [3.63, 3.8) is 0 Å². The Balaban J connectivity index is 1.96. The maximum Gasteiger partial charge on any atom is 0.265 e. The summed E-state index contributed by atoms with van der Waals surface area (Å²) in [6, 6.07) is 8.09. The number of fused-ring (bicyclic) bond motifs is 1. The first-order valence-corrected chi connectivity index (χ1v) is 6.90. The molecule has 0 saturated carbocycles. The first-order valence-electron chi connectivity index (χ1n) is 6.09. The Bertz CT molecular complexity index is 688. The minimum Gasteiger partial charge on any atom is -0.322 e. The maximum atomic E-state index is 13.1. The van der Waals surface area contributed by atoms with Crippen LogP contribution in [-0.2, 0) is 0 Å². The number of carbonyl (C=O) groups is 1. The Labute approximate surface area is 113 Å². The van der Waals surface area contributed by atoms with Crippen molar-refractivity contribution < 1.29 is 9.18 Å². The van der Waals surface area contributed by atoms with Crippen LogP contribution in [0.4, 0.5) is 4.39 Å². The van der Waals surface area contributed by atoms with Crippen LogP contribution in [0.2, 0.25) is 0 Å². The van der Waals surface area contributed by atoms with E-state index >= 15 is 0 Å². The molecule has 0 N–H and O–H groups in total. The summed E-state index contributed by atoms with van der Waals surface area (Å²) in [4.78, 5) is 14.5. The number of hydrogen-bond donors (Lipinski definition) is 0. The van der Waals surface area contributed by atoms with Gasteiger partial charge in [-0.1, -0.05) is 6.07 Å². The SMILES string of the molecule is N#CC1CCCN1C(=O)c1cc2ccc(F)cc2s1. The summed E-state index contributed by atoms with van der Waals surface area (Å²) in [5.41, 5.74) is 0. The van der Waals surface area contributed by atoms with E-state index < -0.39 is 0 Å². The smallest absolute Gasteiger partial charge is 0.265 e. The largest absolute Gasteiger partial charge is 0.322 e. The maximum absolute atomic E-state index is 13.1. The molecule has 1 unspecified atom stereocenters. The van der Waals surface area contributed by atoms with Gasteiger partial charge in [-0.3, -0.25) is 4.79 Å². The molecular weight excluding hydrogens is 263 g/mol. The summed E-state index contributed by atoms with van der Waals surface area (Å²) in [6.45, 7) is 0.625. The van der Waals surface area contributed by atoms with Gasteiger partial charge in [-0.15, -0.1) is 11.3 Å². The molecule has 1 saturated heterocycles. The highest BCUT2D eigenvalue weighted by Crippen LogP contribution is 2.29. The summed E-state index contributed by atoms with van der Waals surface area (Å²) in [7, 11) is 0. The fourth-order valence-electron chi connectivity index (χ4n) is 2.40. The molecule has 1 fully saturated rings. The topological polar surface area (TPSA) is 44.1 Å². The number of nitrogens with zero attached hydrogens (tertiary/aromatic N) is 2. The zero-order valence-corrected chi connectivity index (χ0v) is 10.9. The van der Waals surface area contributed by atoms with Gasteiger partial charge in [0.2, 0.25) is 0 Å².